The van der Waals surface area contributed by atoms with Crippen molar-refractivity contribution in [2.24, 2.45) is 0 Å². The summed E-state index contributed by atoms with van der Waals surface area (Å²) in [5, 5.41) is 15.4. The summed E-state index contributed by atoms with van der Waals surface area (Å²) in [6.07, 6.45) is -0.831. The van der Waals surface area contributed by atoms with Crippen molar-refractivity contribution in [3.05, 3.63) is 60.2 Å². The largest absolute Gasteiger partial charge is 0.496 e. The zero-order chi connectivity index (χ0) is 15.1. The number of hydrogen-bond donors (Lipinski definition) is 3. The first kappa shape index (κ1) is 14.9. The number of carbonyl (C=O) groups is 1. The van der Waals surface area contributed by atoms with Crippen molar-refractivity contribution >= 4 is 11.7 Å². The molecule has 0 radical (unpaired) electrons. The molecule has 21 heavy (non-hydrogen) atoms. The van der Waals surface area contributed by atoms with Gasteiger partial charge in [-0.15, -0.1) is 0 Å². The number of ether oxygens (including phenoxy) is 1. The number of rotatable bonds is 5. The first-order valence-corrected chi connectivity index (χ1v) is 6.61. The van der Waals surface area contributed by atoms with Crippen LogP contribution in [0.1, 0.15) is 11.7 Å². The highest BCUT2D eigenvalue weighted by Crippen LogP contribution is 2.23. The predicted molar refractivity (Wildman–Crippen MR) is 81.4 cm³/mol. The first-order valence-electron chi connectivity index (χ1n) is 6.61. The second kappa shape index (κ2) is 7.31. The van der Waals surface area contributed by atoms with E-state index in [2.05, 4.69) is 10.6 Å². The van der Waals surface area contributed by atoms with Gasteiger partial charge in [-0.3, -0.25) is 0 Å². The van der Waals surface area contributed by atoms with Crippen molar-refractivity contribution in [3.63, 3.8) is 0 Å². The molecule has 5 nitrogen and oxygen atoms in total. The number of anilines is 1. The minimum atomic E-state index is -0.831. The van der Waals surface area contributed by atoms with E-state index >= 15 is 0 Å². The summed E-state index contributed by atoms with van der Waals surface area (Å²) in [6, 6.07) is 15.9. The quantitative estimate of drug-likeness (QED) is 0.791. The number of aliphatic hydroxyl groups excluding tert-OH is 1. The van der Waals surface area contributed by atoms with Crippen molar-refractivity contribution in [1.29, 1.82) is 0 Å². The van der Waals surface area contributed by atoms with Crippen molar-refractivity contribution in [2.45, 2.75) is 6.10 Å². The molecule has 0 unspecified atom stereocenters. The smallest absolute Gasteiger partial charge is 0.319 e. The van der Waals surface area contributed by atoms with Crippen LogP contribution in [0.5, 0.6) is 5.75 Å². The molecule has 2 aromatic rings. The van der Waals surface area contributed by atoms with Crippen LogP contribution >= 0.6 is 0 Å². The summed E-state index contributed by atoms with van der Waals surface area (Å²) in [4.78, 5) is 11.7. The highest BCUT2D eigenvalue weighted by atomic mass is 16.5. The van der Waals surface area contributed by atoms with Crippen molar-refractivity contribution in [2.75, 3.05) is 19.0 Å². The summed E-state index contributed by atoms with van der Waals surface area (Å²) in [5.74, 6) is 0.593. The average Bonchev–Trinajstić information content (AvgIpc) is 2.53. The van der Waals surface area contributed by atoms with Crippen LogP contribution in [0, 0.1) is 0 Å². The molecular weight excluding hydrogens is 268 g/mol. The topological polar surface area (TPSA) is 70.6 Å². The number of urea groups is 1. The molecule has 110 valence electrons. The normalized spacial score (nSPS) is 11.5. The molecule has 0 heterocycles. The molecule has 5 heteroatoms. The van der Waals surface area contributed by atoms with Gasteiger partial charge in [-0.2, -0.15) is 0 Å². The van der Waals surface area contributed by atoms with E-state index in [-0.39, 0.29) is 12.6 Å². The minimum absolute atomic E-state index is 0.0963. The number of hydrogen-bond acceptors (Lipinski definition) is 3. The maximum Gasteiger partial charge on any atom is 0.319 e. The molecule has 0 spiro atoms. The number of amides is 2. The molecule has 1 atom stereocenters. The van der Waals surface area contributed by atoms with Crippen LogP contribution in [0.25, 0.3) is 0 Å². The monoisotopic (exact) mass is 286 g/mol. The zero-order valence-corrected chi connectivity index (χ0v) is 11.7. The molecule has 0 aliphatic heterocycles. The maximum atomic E-state index is 11.7. The number of methoxy groups -OCH3 is 1. The van der Waals surface area contributed by atoms with Gasteiger partial charge in [-0.25, -0.2) is 4.79 Å². The molecule has 2 rings (SSSR count). The molecule has 3 N–H and O–H groups in total. The van der Waals surface area contributed by atoms with E-state index in [9.17, 15) is 9.90 Å². The third-order valence-electron chi connectivity index (χ3n) is 2.99. The van der Waals surface area contributed by atoms with Crippen molar-refractivity contribution in [3.8, 4) is 5.75 Å². The standard InChI is InChI=1S/C16H18N2O3/c1-21-15-10-6-5-9-13(15)14(19)11-17-16(20)18-12-7-3-2-4-8-12/h2-10,14,19H,11H2,1H3,(H2,17,18,20)/t14-/m0/s1. The second-order valence-electron chi connectivity index (χ2n) is 4.46. The number of benzene rings is 2. The molecule has 2 aromatic carbocycles. The molecule has 0 aromatic heterocycles. The van der Waals surface area contributed by atoms with Gasteiger partial charge >= 0.3 is 6.03 Å². The van der Waals surface area contributed by atoms with Gasteiger partial charge in [0.15, 0.2) is 0 Å². The van der Waals surface area contributed by atoms with Crippen LogP contribution in [0.4, 0.5) is 10.5 Å². The lowest BCUT2D eigenvalue weighted by Crippen LogP contribution is -2.32. The Bertz CT molecular complexity index is 587. The highest BCUT2D eigenvalue weighted by molar-refractivity contribution is 5.89. The molecule has 0 saturated carbocycles. The van der Waals surface area contributed by atoms with E-state index in [1.807, 2.05) is 30.3 Å². The lowest BCUT2D eigenvalue weighted by molar-refractivity contribution is 0.171. The summed E-state index contributed by atoms with van der Waals surface area (Å²) >= 11 is 0. The fraction of sp³-hybridized carbons (Fsp3) is 0.188. The van der Waals surface area contributed by atoms with E-state index in [0.29, 0.717) is 17.0 Å². The van der Waals surface area contributed by atoms with E-state index < -0.39 is 6.10 Å². The molecule has 2 amide bonds. The van der Waals surface area contributed by atoms with Gasteiger partial charge in [0, 0.05) is 17.8 Å². The predicted octanol–water partition coefficient (Wildman–Crippen LogP) is 2.55. The minimum Gasteiger partial charge on any atom is -0.496 e. The Hall–Kier alpha value is -2.53. The van der Waals surface area contributed by atoms with Gasteiger partial charge < -0.3 is 20.5 Å². The molecule has 0 fully saturated rings. The van der Waals surface area contributed by atoms with E-state index in [0.717, 1.165) is 0 Å². The Labute approximate surface area is 123 Å². The Balaban J connectivity index is 1.89. The third-order valence-corrected chi connectivity index (χ3v) is 2.99. The van der Waals surface area contributed by atoms with Gasteiger partial charge in [0.2, 0.25) is 0 Å². The SMILES string of the molecule is COc1ccccc1[C@@H](O)CNC(=O)Nc1ccccc1. The van der Waals surface area contributed by atoms with Crippen LogP contribution in [-0.4, -0.2) is 24.8 Å². The number of nitrogens with one attached hydrogen (secondary N) is 2. The van der Waals surface area contributed by atoms with Gasteiger partial charge in [0.05, 0.1) is 13.2 Å². The van der Waals surface area contributed by atoms with Crippen LogP contribution in [0.2, 0.25) is 0 Å². The zero-order valence-electron chi connectivity index (χ0n) is 11.7. The second-order valence-corrected chi connectivity index (χ2v) is 4.46. The average molecular weight is 286 g/mol. The Morgan fingerprint density at radius 1 is 1.14 bits per heavy atom. The van der Waals surface area contributed by atoms with Crippen LogP contribution in [0.15, 0.2) is 54.6 Å². The Morgan fingerprint density at radius 2 is 1.81 bits per heavy atom. The van der Waals surface area contributed by atoms with E-state index in [4.69, 9.17) is 4.74 Å². The molecule has 0 aliphatic carbocycles. The van der Waals surface area contributed by atoms with Gasteiger partial charge in [0.1, 0.15) is 5.75 Å². The number of carbonyl (C=O) groups excluding carboxylic acids is 1. The Kier molecular flexibility index (Phi) is 5.17. The van der Waals surface area contributed by atoms with Crippen LogP contribution in [-0.2, 0) is 0 Å². The first-order chi connectivity index (χ1) is 10.2. The number of aliphatic hydroxyl groups is 1. The summed E-state index contributed by atoms with van der Waals surface area (Å²) in [5.41, 5.74) is 1.33. The van der Waals surface area contributed by atoms with Gasteiger partial charge in [-0.1, -0.05) is 36.4 Å². The maximum absolute atomic E-state index is 11.7. The summed E-state index contributed by atoms with van der Waals surface area (Å²) in [7, 11) is 1.54. The highest BCUT2D eigenvalue weighted by Gasteiger charge is 2.13. The number of para-hydroxylation sites is 2. The van der Waals surface area contributed by atoms with E-state index in [1.54, 1.807) is 31.4 Å². The summed E-state index contributed by atoms with van der Waals surface area (Å²) < 4.78 is 5.18. The van der Waals surface area contributed by atoms with Crippen LogP contribution in [0.3, 0.4) is 0 Å². The van der Waals surface area contributed by atoms with Crippen LogP contribution < -0.4 is 15.4 Å². The Morgan fingerprint density at radius 3 is 2.52 bits per heavy atom. The molecule has 0 aliphatic rings. The molecular formula is C16H18N2O3. The van der Waals surface area contributed by atoms with Gasteiger partial charge in [0.25, 0.3) is 0 Å². The van der Waals surface area contributed by atoms with Crippen molar-refractivity contribution in [1.82, 2.24) is 5.32 Å². The van der Waals surface area contributed by atoms with Crippen molar-refractivity contribution < 1.29 is 14.6 Å². The summed E-state index contributed by atoms with van der Waals surface area (Å²) in [6.45, 7) is 0.0963. The van der Waals surface area contributed by atoms with Gasteiger partial charge in [-0.05, 0) is 18.2 Å². The van der Waals surface area contributed by atoms with E-state index in [1.165, 1.54) is 0 Å². The molecule has 0 saturated heterocycles. The lowest BCUT2D eigenvalue weighted by Gasteiger charge is -2.15. The molecule has 0 bridgehead atoms. The fourth-order valence-electron chi connectivity index (χ4n) is 1.94. The lowest BCUT2D eigenvalue weighted by atomic mass is 10.1. The third kappa shape index (κ3) is 4.22. The fourth-order valence-corrected chi connectivity index (χ4v) is 1.94.